The van der Waals surface area contributed by atoms with Gasteiger partial charge in [-0.1, -0.05) is 6.92 Å². The van der Waals surface area contributed by atoms with Gasteiger partial charge in [0.15, 0.2) is 0 Å². The van der Waals surface area contributed by atoms with Gasteiger partial charge in [0.25, 0.3) is 0 Å². The molecule has 0 heterocycles. The van der Waals surface area contributed by atoms with E-state index >= 15 is 0 Å². The standard InChI is InChI=1S/C6H14OS2/c1-3-6(7)4-9-5-8-2/h6-7H,3-5H2,1-2H3. The van der Waals surface area contributed by atoms with Crippen molar-refractivity contribution in [3.63, 3.8) is 0 Å². The van der Waals surface area contributed by atoms with Crippen molar-refractivity contribution in [2.45, 2.75) is 19.4 Å². The van der Waals surface area contributed by atoms with E-state index in [9.17, 15) is 0 Å². The molecule has 3 heteroatoms. The molecule has 0 aromatic carbocycles. The molecule has 0 aliphatic heterocycles. The summed E-state index contributed by atoms with van der Waals surface area (Å²) in [5.41, 5.74) is 0. The molecule has 0 aromatic heterocycles. The monoisotopic (exact) mass is 166 g/mol. The molecule has 0 amide bonds. The van der Waals surface area contributed by atoms with Crippen molar-refractivity contribution in [3.05, 3.63) is 0 Å². The van der Waals surface area contributed by atoms with Gasteiger partial charge in [-0.25, -0.2) is 0 Å². The van der Waals surface area contributed by atoms with Crippen molar-refractivity contribution in [1.82, 2.24) is 0 Å². The summed E-state index contributed by atoms with van der Waals surface area (Å²) in [5, 5.41) is 10.1. The van der Waals surface area contributed by atoms with E-state index in [4.69, 9.17) is 5.11 Å². The molecule has 0 saturated heterocycles. The maximum absolute atomic E-state index is 9.05. The van der Waals surface area contributed by atoms with Crippen molar-refractivity contribution in [3.8, 4) is 0 Å². The summed E-state index contributed by atoms with van der Waals surface area (Å²) in [6.07, 6.45) is 2.86. The van der Waals surface area contributed by atoms with E-state index in [1.807, 2.05) is 6.92 Å². The van der Waals surface area contributed by atoms with E-state index in [0.717, 1.165) is 17.3 Å². The van der Waals surface area contributed by atoms with E-state index in [1.54, 1.807) is 23.5 Å². The number of aliphatic hydroxyl groups excluding tert-OH is 1. The normalized spacial score (nSPS) is 13.7. The number of aliphatic hydroxyl groups is 1. The molecule has 9 heavy (non-hydrogen) atoms. The highest BCUT2D eigenvalue weighted by Gasteiger charge is 1.98. The van der Waals surface area contributed by atoms with Crippen molar-refractivity contribution < 1.29 is 5.11 Å². The Morgan fingerprint density at radius 1 is 1.56 bits per heavy atom. The molecule has 1 atom stereocenters. The first kappa shape index (κ1) is 9.66. The summed E-state index contributed by atoms with van der Waals surface area (Å²) < 4.78 is 0. The first-order valence-electron chi connectivity index (χ1n) is 3.06. The molecule has 0 aliphatic carbocycles. The Hall–Kier alpha value is 0.660. The molecule has 0 bridgehead atoms. The lowest BCUT2D eigenvalue weighted by Crippen LogP contribution is -2.07. The van der Waals surface area contributed by atoms with E-state index in [2.05, 4.69) is 6.26 Å². The molecule has 0 fully saturated rings. The summed E-state index contributed by atoms with van der Waals surface area (Å²) in [4.78, 5) is 0. The summed E-state index contributed by atoms with van der Waals surface area (Å²) in [5.74, 6) is 0.886. The molecule has 0 aromatic rings. The van der Waals surface area contributed by atoms with Crippen LogP contribution in [0.5, 0.6) is 0 Å². The molecular weight excluding hydrogens is 152 g/mol. The minimum absolute atomic E-state index is 0.0952. The van der Waals surface area contributed by atoms with Gasteiger partial charge in [-0.15, -0.1) is 11.8 Å². The minimum Gasteiger partial charge on any atom is -0.392 e. The second-order valence-electron chi connectivity index (χ2n) is 1.84. The Labute approximate surface area is 65.6 Å². The molecular formula is C6H14OS2. The first-order chi connectivity index (χ1) is 4.31. The molecule has 0 radical (unpaired) electrons. The third-order valence-corrected chi connectivity index (χ3v) is 3.21. The summed E-state index contributed by atoms with van der Waals surface area (Å²) in [6.45, 7) is 2.00. The topological polar surface area (TPSA) is 20.2 Å². The van der Waals surface area contributed by atoms with Crippen molar-refractivity contribution >= 4 is 23.5 Å². The highest BCUT2D eigenvalue weighted by molar-refractivity contribution is 8.15. The zero-order chi connectivity index (χ0) is 7.11. The first-order valence-corrected chi connectivity index (χ1v) is 5.60. The number of hydrogen-bond acceptors (Lipinski definition) is 3. The van der Waals surface area contributed by atoms with E-state index in [1.165, 1.54) is 0 Å². The van der Waals surface area contributed by atoms with Gasteiger partial charge in [-0.05, 0) is 12.7 Å². The SMILES string of the molecule is CCC(O)CSCSC. The Kier molecular flexibility index (Phi) is 7.27. The van der Waals surface area contributed by atoms with Crippen LogP contribution in [-0.2, 0) is 0 Å². The van der Waals surface area contributed by atoms with E-state index in [-0.39, 0.29) is 6.10 Å². The fraction of sp³-hybridized carbons (Fsp3) is 1.00. The molecule has 1 unspecified atom stereocenters. The van der Waals surface area contributed by atoms with Gasteiger partial charge in [0.2, 0.25) is 0 Å². The summed E-state index contributed by atoms with van der Waals surface area (Å²) >= 11 is 3.60. The fourth-order valence-corrected chi connectivity index (χ4v) is 1.94. The predicted molar refractivity (Wildman–Crippen MR) is 47.1 cm³/mol. The van der Waals surface area contributed by atoms with Crippen molar-refractivity contribution in [2.24, 2.45) is 0 Å². The molecule has 0 saturated carbocycles. The summed E-state index contributed by atoms with van der Waals surface area (Å²) in [7, 11) is 0. The molecule has 0 spiro atoms. The highest BCUT2D eigenvalue weighted by atomic mass is 32.2. The third-order valence-electron chi connectivity index (χ3n) is 0.983. The molecule has 0 rings (SSSR count). The molecule has 1 nitrogen and oxygen atoms in total. The van der Waals surface area contributed by atoms with Crippen LogP contribution in [0.1, 0.15) is 13.3 Å². The number of thioether (sulfide) groups is 2. The second-order valence-corrected chi connectivity index (χ2v) is 4.10. The maximum atomic E-state index is 9.05. The Bertz CT molecular complexity index is 59.0. The van der Waals surface area contributed by atoms with Gasteiger partial charge in [0, 0.05) is 10.8 Å². The third kappa shape index (κ3) is 6.55. The number of hydrogen-bond donors (Lipinski definition) is 1. The molecule has 1 N–H and O–H groups in total. The van der Waals surface area contributed by atoms with Crippen LogP contribution in [0.3, 0.4) is 0 Å². The Morgan fingerprint density at radius 3 is 2.67 bits per heavy atom. The Morgan fingerprint density at radius 2 is 2.22 bits per heavy atom. The van der Waals surface area contributed by atoms with Crippen LogP contribution in [-0.4, -0.2) is 28.3 Å². The largest absolute Gasteiger partial charge is 0.392 e. The van der Waals surface area contributed by atoms with Gasteiger partial charge in [0.05, 0.1) is 6.10 Å². The van der Waals surface area contributed by atoms with Crippen LogP contribution in [0.15, 0.2) is 0 Å². The number of rotatable bonds is 5. The van der Waals surface area contributed by atoms with Gasteiger partial charge in [0.1, 0.15) is 0 Å². The lowest BCUT2D eigenvalue weighted by Gasteiger charge is -2.04. The van der Waals surface area contributed by atoms with Crippen LogP contribution in [0.4, 0.5) is 0 Å². The van der Waals surface area contributed by atoms with Gasteiger partial charge >= 0.3 is 0 Å². The van der Waals surface area contributed by atoms with Crippen LogP contribution in [0, 0.1) is 0 Å². The highest BCUT2D eigenvalue weighted by Crippen LogP contribution is 2.10. The lowest BCUT2D eigenvalue weighted by atomic mass is 10.3. The van der Waals surface area contributed by atoms with E-state index < -0.39 is 0 Å². The second kappa shape index (κ2) is 6.78. The van der Waals surface area contributed by atoms with Gasteiger partial charge < -0.3 is 5.11 Å². The van der Waals surface area contributed by atoms with Crippen LogP contribution in [0.2, 0.25) is 0 Å². The quantitative estimate of drug-likeness (QED) is 0.497. The van der Waals surface area contributed by atoms with Crippen LogP contribution in [0.25, 0.3) is 0 Å². The average molecular weight is 166 g/mol. The average Bonchev–Trinajstić information content (AvgIpc) is 1.89. The smallest absolute Gasteiger partial charge is 0.0628 e. The van der Waals surface area contributed by atoms with Crippen molar-refractivity contribution in [2.75, 3.05) is 17.1 Å². The zero-order valence-corrected chi connectivity index (χ0v) is 7.60. The predicted octanol–water partition coefficient (Wildman–Crippen LogP) is 1.81. The fourth-order valence-electron chi connectivity index (χ4n) is 0.385. The summed E-state index contributed by atoms with van der Waals surface area (Å²) in [6, 6.07) is 0. The molecule has 56 valence electrons. The van der Waals surface area contributed by atoms with E-state index in [0.29, 0.717) is 0 Å². The van der Waals surface area contributed by atoms with Crippen LogP contribution < -0.4 is 0 Å². The zero-order valence-electron chi connectivity index (χ0n) is 5.96. The van der Waals surface area contributed by atoms with Gasteiger partial charge in [-0.2, -0.15) is 11.8 Å². The van der Waals surface area contributed by atoms with Gasteiger partial charge in [-0.3, -0.25) is 0 Å². The molecule has 0 aliphatic rings. The van der Waals surface area contributed by atoms with Crippen LogP contribution >= 0.6 is 23.5 Å². The maximum Gasteiger partial charge on any atom is 0.0628 e. The van der Waals surface area contributed by atoms with Crippen molar-refractivity contribution in [1.29, 1.82) is 0 Å². The Balaban J connectivity index is 2.88. The minimum atomic E-state index is -0.0952. The lowest BCUT2D eigenvalue weighted by molar-refractivity contribution is 0.195.